The maximum absolute atomic E-state index is 12.8. The fourth-order valence-corrected chi connectivity index (χ4v) is 1.93. The molecule has 1 aromatic rings. The summed E-state index contributed by atoms with van der Waals surface area (Å²) in [5, 5.41) is -0.199. The van der Waals surface area contributed by atoms with E-state index in [1.54, 1.807) is 0 Å². The molecule has 1 saturated heterocycles. The van der Waals surface area contributed by atoms with Gasteiger partial charge in [-0.15, -0.1) is 0 Å². The SMILES string of the molecule is CC1(C)OB(c2cnc(Cl)c(C(F)F)c2)OC1(C)C. The van der Waals surface area contributed by atoms with Crippen molar-refractivity contribution in [2.24, 2.45) is 0 Å². The fourth-order valence-electron chi connectivity index (χ4n) is 1.74. The molecule has 0 atom stereocenters. The summed E-state index contributed by atoms with van der Waals surface area (Å²) < 4.78 is 37.1. The number of pyridine rings is 1. The zero-order chi connectivity index (χ0) is 14.4. The molecule has 7 heteroatoms. The second-order valence-corrected chi connectivity index (χ2v) is 5.90. The average molecular weight is 290 g/mol. The van der Waals surface area contributed by atoms with Crippen molar-refractivity contribution in [1.29, 1.82) is 0 Å². The summed E-state index contributed by atoms with van der Waals surface area (Å²) in [6, 6.07) is 1.28. The van der Waals surface area contributed by atoms with Crippen molar-refractivity contribution in [3.63, 3.8) is 0 Å². The summed E-state index contributed by atoms with van der Waals surface area (Å²) in [7, 11) is -0.715. The van der Waals surface area contributed by atoms with E-state index in [2.05, 4.69) is 4.98 Å². The van der Waals surface area contributed by atoms with Crippen LogP contribution in [0.2, 0.25) is 5.15 Å². The number of hydrogen-bond donors (Lipinski definition) is 0. The van der Waals surface area contributed by atoms with Crippen LogP contribution in [0.5, 0.6) is 0 Å². The molecule has 0 N–H and O–H groups in total. The summed E-state index contributed by atoms with van der Waals surface area (Å²) in [5.41, 5.74) is -0.919. The van der Waals surface area contributed by atoms with E-state index in [1.165, 1.54) is 12.3 Å². The van der Waals surface area contributed by atoms with Crippen molar-refractivity contribution >= 4 is 24.2 Å². The highest BCUT2D eigenvalue weighted by Crippen LogP contribution is 2.36. The van der Waals surface area contributed by atoms with Gasteiger partial charge in [0, 0.05) is 11.7 Å². The van der Waals surface area contributed by atoms with E-state index < -0.39 is 24.7 Å². The number of aromatic nitrogens is 1. The molecule has 3 nitrogen and oxygen atoms in total. The van der Waals surface area contributed by atoms with Crippen molar-refractivity contribution in [3.8, 4) is 0 Å². The molecule has 0 aromatic carbocycles. The molecule has 19 heavy (non-hydrogen) atoms. The zero-order valence-corrected chi connectivity index (χ0v) is 12.0. The Labute approximate surface area is 116 Å². The first-order valence-corrected chi connectivity index (χ1v) is 6.31. The number of nitrogens with zero attached hydrogens (tertiary/aromatic N) is 1. The predicted octanol–water partition coefficient (Wildman–Crippen LogP) is 2.97. The first kappa shape index (κ1) is 14.7. The van der Waals surface area contributed by atoms with E-state index in [1.807, 2.05) is 27.7 Å². The highest BCUT2D eigenvalue weighted by Gasteiger charge is 2.51. The van der Waals surface area contributed by atoms with E-state index >= 15 is 0 Å². The molecule has 1 aromatic heterocycles. The largest absolute Gasteiger partial charge is 0.496 e. The quantitative estimate of drug-likeness (QED) is 0.619. The van der Waals surface area contributed by atoms with Crippen LogP contribution in [0.3, 0.4) is 0 Å². The lowest BCUT2D eigenvalue weighted by molar-refractivity contribution is 0.00578. The molecule has 0 bridgehead atoms. The van der Waals surface area contributed by atoms with Gasteiger partial charge in [-0.3, -0.25) is 0 Å². The minimum atomic E-state index is -2.68. The second-order valence-electron chi connectivity index (χ2n) is 5.54. The molecule has 0 unspecified atom stereocenters. The van der Waals surface area contributed by atoms with E-state index in [9.17, 15) is 8.78 Å². The Hall–Kier alpha value is -0.715. The molecule has 0 radical (unpaired) electrons. The van der Waals surface area contributed by atoms with Crippen molar-refractivity contribution in [2.75, 3.05) is 0 Å². The standard InChI is InChI=1S/C12H15BClF2NO2/c1-11(2)12(3,4)19-13(18-11)7-5-8(10(15)16)9(14)17-6-7/h5-6,10H,1-4H3. The molecule has 0 aliphatic carbocycles. The van der Waals surface area contributed by atoms with Gasteiger partial charge < -0.3 is 9.31 Å². The van der Waals surface area contributed by atoms with E-state index in [-0.39, 0.29) is 10.7 Å². The van der Waals surface area contributed by atoms with Crippen LogP contribution in [0.25, 0.3) is 0 Å². The predicted molar refractivity (Wildman–Crippen MR) is 69.9 cm³/mol. The van der Waals surface area contributed by atoms with Gasteiger partial charge in [0.2, 0.25) is 0 Å². The maximum Gasteiger partial charge on any atom is 0.496 e. The van der Waals surface area contributed by atoms with Gasteiger partial charge in [0.1, 0.15) is 5.15 Å². The zero-order valence-electron chi connectivity index (χ0n) is 11.2. The lowest BCUT2D eigenvalue weighted by atomic mass is 9.80. The smallest absolute Gasteiger partial charge is 0.399 e. The van der Waals surface area contributed by atoms with Crippen molar-refractivity contribution in [1.82, 2.24) is 4.98 Å². The van der Waals surface area contributed by atoms with Gasteiger partial charge in [-0.2, -0.15) is 0 Å². The van der Waals surface area contributed by atoms with Crippen LogP contribution >= 0.6 is 11.6 Å². The average Bonchev–Trinajstić information content (AvgIpc) is 2.48. The third-order valence-electron chi connectivity index (χ3n) is 3.65. The normalized spacial score (nSPS) is 21.2. The first-order valence-electron chi connectivity index (χ1n) is 5.93. The van der Waals surface area contributed by atoms with Gasteiger partial charge >= 0.3 is 7.12 Å². The Bertz CT molecular complexity index is 481. The molecule has 0 saturated carbocycles. The van der Waals surface area contributed by atoms with Crippen LogP contribution in [-0.2, 0) is 9.31 Å². The third kappa shape index (κ3) is 2.62. The Morgan fingerprint density at radius 1 is 1.21 bits per heavy atom. The lowest BCUT2D eigenvalue weighted by Gasteiger charge is -2.32. The van der Waals surface area contributed by atoms with Gasteiger partial charge in [0.25, 0.3) is 6.43 Å². The highest BCUT2D eigenvalue weighted by molar-refractivity contribution is 6.62. The van der Waals surface area contributed by atoms with E-state index in [0.29, 0.717) is 5.46 Å². The lowest BCUT2D eigenvalue weighted by Crippen LogP contribution is -2.41. The summed E-state index contributed by atoms with van der Waals surface area (Å²) in [5.74, 6) is 0. The van der Waals surface area contributed by atoms with Gasteiger partial charge in [-0.25, -0.2) is 13.8 Å². The van der Waals surface area contributed by atoms with Gasteiger partial charge in [0.05, 0.1) is 16.8 Å². The molecule has 2 heterocycles. The van der Waals surface area contributed by atoms with Crippen molar-refractivity contribution in [3.05, 3.63) is 23.0 Å². The molecule has 0 amide bonds. The number of halogens is 3. The minimum absolute atomic E-state index is 0.199. The summed E-state index contributed by atoms with van der Waals surface area (Å²) in [4.78, 5) is 3.77. The summed E-state index contributed by atoms with van der Waals surface area (Å²) in [6.07, 6.45) is -1.28. The topological polar surface area (TPSA) is 31.4 Å². The van der Waals surface area contributed by atoms with Crippen LogP contribution in [0.1, 0.15) is 39.7 Å². The number of alkyl halides is 2. The highest BCUT2D eigenvalue weighted by atomic mass is 35.5. The van der Waals surface area contributed by atoms with Gasteiger partial charge in [0.15, 0.2) is 0 Å². The number of hydrogen-bond acceptors (Lipinski definition) is 3. The summed E-state index contributed by atoms with van der Waals surface area (Å²) >= 11 is 5.64. The monoisotopic (exact) mass is 289 g/mol. The van der Waals surface area contributed by atoms with Crippen LogP contribution in [0.4, 0.5) is 8.78 Å². The molecule has 1 aliphatic rings. The number of rotatable bonds is 2. The molecular formula is C12H15BClF2NO2. The van der Waals surface area contributed by atoms with Crippen molar-refractivity contribution in [2.45, 2.75) is 45.3 Å². The van der Waals surface area contributed by atoms with Crippen molar-refractivity contribution < 1.29 is 18.1 Å². The third-order valence-corrected chi connectivity index (χ3v) is 3.96. The Morgan fingerprint density at radius 3 is 2.21 bits per heavy atom. The Morgan fingerprint density at radius 2 is 1.74 bits per heavy atom. The van der Waals surface area contributed by atoms with E-state index in [4.69, 9.17) is 20.9 Å². The van der Waals surface area contributed by atoms with E-state index in [0.717, 1.165) is 0 Å². The van der Waals surface area contributed by atoms with Gasteiger partial charge in [-0.1, -0.05) is 11.6 Å². The summed E-state index contributed by atoms with van der Waals surface area (Å²) in [6.45, 7) is 7.57. The Balaban J connectivity index is 2.32. The first-order chi connectivity index (χ1) is 8.64. The molecule has 1 aliphatic heterocycles. The molecular weight excluding hydrogens is 274 g/mol. The van der Waals surface area contributed by atoms with Gasteiger partial charge in [-0.05, 0) is 33.8 Å². The van der Waals surface area contributed by atoms with Crippen LogP contribution in [-0.4, -0.2) is 23.3 Å². The van der Waals surface area contributed by atoms with Crippen LogP contribution in [0.15, 0.2) is 12.3 Å². The fraction of sp³-hybridized carbons (Fsp3) is 0.583. The Kier molecular flexibility index (Phi) is 3.62. The van der Waals surface area contributed by atoms with Crippen LogP contribution < -0.4 is 5.46 Å². The maximum atomic E-state index is 12.8. The molecule has 1 fully saturated rings. The molecule has 2 rings (SSSR count). The minimum Gasteiger partial charge on any atom is -0.399 e. The second kappa shape index (κ2) is 4.68. The molecule has 104 valence electrons. The van der Waals surface area contributed by atoms with Crippen LogP contribution in [0, 0.1) is 0 Å². The molecule has 0 spiro atoms.